The molecule has 0 fully saturated rings. The van der Waals surface area contributed by atoms with Gasteiger partial charge in [-0.15, -0.1) is 0 Å². The van der Waals surface area contributed by atoms with Crippen LogP contribution in [0, 0.1) is 13.8 Å². The number of benzene rings is 1. The first-order valence-corrected chi connectivity index (χ1v) is 6.91. The molecule has 1 aromatic carbocycles. The van der Waals surface area contributed by atoms with Crippen LogP contribution in [0.15, 0.2) is 30.3 Å². The monoisotopic (exact) mass is 306 g/mol. The molecule has 0 amide bonds. The second-order valence-electron chi connectivity index (χ2n) is 4.54. The summed E-state index contributed by atoms with van der Waals surface area (Å²) in [5, 5.41) is 0.675. The Bertz CT molecular complexity index is 658. The molecule has 104 valence electrons. The van der Waals surface area contributed by atoms with Crippen molar-refractivity contribution in [3.63, 3.8) is 0 Å². The van der Waals surface area contributed by atoms with Crippen molar-refractivity contribution in [3.05, 3.63) is 57.7 Å². The Hall–Kier alpha value is -1.65. The minimum atomic E-state index is 0.288. The van der Waals surface area contributed by atoms with Gasteiger partial charge in [0.15, 0.2) is 0 Å². The molecule has 0 aliphatic rings. The highest BCUT2D eigenvalue weighted by Gasteiger charge is 2.13. The molecule has 0 saturated carbocycles. The summed E-state index contributed by atoms with van der Waals surface area (Å²) >= 11 is 11.0. The minimum absolute atomic E-state index is 0.288. The maximum atomic E-state index is 5.95. The van der Waals surface area contributed by atoms with E-state index in [1.165, 1.54) is 0 Å². The van der Waals surface area contributed by atoms with E-state index in [1.807, 2.05) is 44.2 Å². The average molecular weight is 307 g/mol. The zero-order chi connectivity index (χ0) is 14.7. The predicted molar refractivity (Wildman–Crippen MR) is 85.4 cm³/mol. The number of aromatic nitrogens is 1. The van der Waals surface area contributed by atoms with E-state index >= 15 is 0 Å². The molecule has 0 saturated heterocycles. The van der Waals surface area contributed by atoms with Crippen molar-refractivity contribution in [2.24, 2.45) is 5.73 Å². The number of hydrogen-bond acceptors (Lipinski definition) is 3. The zero-order valence-corrected chi connectivity index (χ0v) is 12.9. The van der Waals surface area contributed by atoms with Gasteiger partial charge < -0.3 is 10.5 Å². The van der Waals surface area contributed by atoms with Crippen LogP contribution >= 0.6 is 23.8 Å². The maximum absolute atomic E-state index is 5.95. The molecular weight excluding hydrogens is 292 g/mol. The van der Waals surface area contributed by atoms with E-state index in [1.54, 1.807) is 0 Å². The largest absolute Gasteiger partial charge is 0.472 e. The van der Waals surface area contributed by atoms with Gasteiger partial charge in [0.2, 0.25) is 5.88 Å². The number of aryl methyl sites for hydroxylation is 2. The first-order valence-electron chi connectivity index (χ1n) is 6.12. The highest BCUT2D eigenvalue weighted by atomic mass is 35.5. The molecule has 2 rings (SSSR count). The third kappa shape index (κ3) is 3.46. The molecule has 2 aromatic rings. The highest BCUT2D eigenvalue weighted by molar-refractivity contribution is 7.80. The van der Waals surface area contributed by atoms with Gasteiger partial charge in [0.25, 0.3) is 0 Å². The fourth-order valence-electron chi connectivity index (χ4n) is 1.99. The van der Waals surface area contributed by atoms with Crippen LogP contribution < -0.4 is 10.5 Å². The summed E-state index contributed by atoms with van der Waals surface area (Å²) in [7, 11) is 0. The van der Waals surface area contributed by atoms with Gasteiger partial charge in [-0.25, -0.2) is 4.98 Å². The van der Waals surface area contributed by atoms with Gasteiger partial charge in [0.1, 0.15) is 11.6 Å². The topological polar surface area (TPSA) is 48.1 Å². The Morgan fingerprint density at radius 2 is 2.10 bits per heavy atom. The molecule has 0 radical (unpaired) electrons. The van der Waals surface area contributed by atoms with Gasteiger partial charge in [0, 0.05) is 10.7 Å². The van der Waals surface area contributed by atoms with E-state index in [2.05, 4.69) is 4.98 Å². The molecule has 0 unspecified atom stereocenters. The smallest absolute Gasteiger partial charge is 0.224 e. The van der Waals surface area contributed by atoms with Gasteiger partial charge in [-0.2, -0.15) is 0 Å². The van der Waals surface area contributed by atoms with E-state index in [9.17, 15) is 0 Å². The molecule has 2 N–H and O–H groups in total. The standard InChI is InChI=1S/C15H15ClN2OS/c1-9-6-10(2)18-15(13(9)14(17)20)19-8-11-4-3-5-12(16)7-11/h3-7H,8H2,1-2H3,(H2,17,20). The van der Waals surface area contributed by atoms with Crippen LogP contribution in [0.3, 0.4) is 0 Å². The van der Waals surface area contributed by atoms with Crippen LogP contribution in [0.4, 0.5) is 0 Å². The molecule has 0 bridgehead atoms. The first kappa shape index (κ1) is 14.8. The molecule has 20 heavy (non-hydrogen) atoms. The van der Waals surface area contributed by atoms with E-state index in [0.29, 0.717) is 23.1 Å². The lowest BCUT2D eigenvalue weighted by molar-refractivity contribution is 0.292. The lowest BCUT2D eigenvalue weighted by atomic mass is 10.1. The Kier molecular flexibility index (Phi) is 4.57. The number of pyridine rings is 1. The summed E-state index contributed by atoms with van der Waals surface area (Å²) in [5.41, 5.74) is 9.23. The quantitative estimate of drug-likeness (QED) is 0.877. The van der Waals surface area contributed by atoms with Crippen molar-refractivity contribution in [1.29, 1.82) is 0 Å². The molecule has 3 nitrogen and oxygen atoms in total. The van der Waals surface area contributed by atoms with Crippen molar-refractivity contribution in [3.8, 4) is 5.88 Å². The summed E-state index contributed by atoms with van der Waals surface area (Å²) in [6.07, 6.45) is 0. The normalized spacial score (nSPS) is 10.3. The third-order valence-corrected chi connectivity index (χ3v) is 3.26. The molecule has 0 aliphatic carbocycles. The average Bonchev–Trinajstić information content (AvgIpc) is 2.35. The van der Waals surface area contributed by atoms with Gasteiger partial charge in [-0.1, -0.05) is 36.0 Å². The molecule has 0 atom stereocenters. The van der Waals surface area contributed by atoms with Crippen LogP contribution in [0.25, 0.3) is 0 Å². The van der Waals surface area contributed by atoms with Gasteiger partial charge in [0.05, 0.1) is 5.56 Å². The van der Waals surface area contributed by atoms with Gasteiger partial charge in [-0.05, 0) is 43.2 Å². The number of halogens is 1. The van der Waals surface area contributed by atoms with E-state index in [0.717, 1.165) is 16.8 Å². The number of rotatable bonds is 4. The van der Waals surface area contributed by atoms with Crippen LogP contribution in [-0.4, -0.2) is 9.97 Å². The van der Waals surface area contributed by atoms with Crippen molar-refractivity contribution in [2.75, 3.05) is 0 Å². The number of hydrogen-bond donors (Lipinski definition) is 1. The second-order valence-corrected chi connectivity index (χ2v) is 5.42. The molecule has 0 aliphatic heterocycles. The summed E-state index contributed by atoms with van der Waals surface area (Å²) in [5.74, 6) is 0.468. The van der Waals surface area contributed by atoms with Crippen molar-refractivity contribution < 1.29 is 4.74 Å². The minimum Gasteiger partial charge on any atom is -0.472 e. The SMILES string of the molecule is Cc1cc(C)c(C(N)=S)c(OCc2cccc(Cl)c2)n1. The maximum Gasteiger partial charge on any atom is 0.224 e. The Morgan fingerprint density at radius 3 is 2.75 bits per heavy atom. The van der Waals surface area contributed by atoms with Gasteiger partial charge >= 0.3 is 0 Å². The van der Waals surface area contributed by atoms with Crippen molar-refractivity contribution in [1.82, 2.24) is 4.98 Å². The summed E-state index contributed by atoms with van der Waals surface area (Å²) in [6, 6.07) is 9.42. The van der Waals surface area contributed by atoms with Crippen LogP contribution in [0.5, 0.6) is 5.88 Å². The number of nitrogens with two attached hydrogens (primary N) is 1. The van der Waals surface area contributed by atoms with E-state index < -0.39 is 0 Å². The fourth-order valence-corrected chi connectivity index (χ4v) is 2.45. The van der Waals surface area contributed by atoms with Crippen molar-refractivity contribution in [2.45, 2.75) is 20.5 Å². The summed E-state index contributed by atoms with van der Waals surface area (Å²) in [4.78, 5) is 4.66. The fraction of sp³-hybridized carbons (Fsp3) is 0.200. The Morgan fingerprint density at radius 1 is 1.35 bits per heavy atom. The molecule has 5 heteroatoms. The van der Waals surface area contributed by atoms with Crippen LogP contribution in [-0.2, 0) is 6.61 Å². The molecule has 1 aromatic heterocycles. The Labute approximate surface area is 128 Å². The van der Waals surface area contributed by atoms with Crippen LogP contribution in [0.1, 0.15) is 22.4 Å². The zero-order valence-electron chi connectivity index (χ0n) is 11.3. The van der Waals surface area contributed by atoms with Gasteiger partial charge in [-0.3, -0.25) is 0 Å². The first-order chi connectivity index (χ1) is 9.47. The number of nitrogens with zero attached hydrogens (tertiary/aromatic N) is 1. The number of ether oxygens (including phenoxy) is 1. The third-order valence-electron chi connectivity index (χ3n) is 2.82. The second kappa shape index (κ2) is 6.20. The Balaban J connectivity index is 2.27. The highest BCUT2D eigenvalue weighted by Crippen LogP contribution is 2.22. The van der Waals surface area contributed by atoms with E-state index in [-0.39, 0.29) is 4.99 Å². The molecular formula is C15H15ClN2OS. The van der Waals surface area contributed by atoms with E-state index in [4.69, 9.17) is 34.3 Å². The predicted octanol–water partition coefficient (Wildman–Crippen LogP) is 3.57. The van der Waals surface area contributed by atoms with Crippen LogP contribution in [0.2, 0.25) is 5.02 Å². The lowest BCUT2D eigenvalue weighted by Gasteiger charge is -2.13. The summed E-state index contributed by atoms with van der Waals surface area (Å²) < 4.78 is 5.76. The lowest BCUT2D eigenvalue weighted by Crippen LogP contribution is -2.15. The molecule has 1 heterocycles. The number of thiocarbonyl (C=S) groups is 1. The summed E-state index contributed by atoms with van der Waals surface area (Å²) in [6.45, 7) is 4.21. The van der Waals surface area contributed by atoms with Crippen molar-refractivity contribution >= 4 is 28.8 Å². The molecule has 0 spiro atoms.